The molecule has 0 saturated carbocycles. The van der Waals surface area contributed by atoms with Gasteiger partial charge in [-0.2, -0.15) is 10.2 Å². The smallest absolute Gasteiger partial charge is 0.414 e. The summed E-state index contributed by atoms with van der Waals surface area (Å²) in [6.07, 6.45) is 7.92. The second kappa shape index (κ2) is 9.91. The van der Waals surface area contributed by atoms with Crippen LogP contribution in [0.25, 0.3) is 11.0 Å². The van der Waals surface area contributed by atoms with Crippen molar-refractivity contribution in [1.29, 1.82) is 0 Å². The van der Waals surface area contributed by atoms with Gasteiger partial charge in [0.05, 0.1) is 29.5 Å². The molecule has 1 aromatic carbocycles. The molecule has 4 aromatic rings. The lowest BCUT2D eigenvalue weighted by atomic mass is 9.96. The van der Waals surface area contributed by atoms with E-state index in [1.54, 1.807) is 11.1 Å². The maximum atomic E-state index is 12.5. The first-order valence-electron chi connectivity index (χ1n) is 12.1. The number of nitrogens with one attached hydrogen (secondary N) is 1. The Morgan fingerprint density at radius 2 is 2.11 bits per heavy atom. The quantitative estimate of drug-likeness (QED) is 0.393. The molecule has 4 heterocycles. The van der Waals surface area contributed by atoms with Crippen LogP contribution in [0.15, 0.2) is 42.9 Å². The monoisotopic (exact) mass is 476 g/mol. The summed E-state index contributed by atoms with van der Waals surface area (Å²) in [5, 5.41) is 12.3. The average Bonchev–Trinajstić information content (AvgIpc) is 3.60. The van der Waals surface area contributed by atoms with Crippen molar-refractivity contribution in [2.75, 3.05) is 18.6 Å². The van der Waals surface area contributed by atoms with Gasteiger partial charge < -0.3 is 14.6 Å². The Hall–Kier alpha value is -3.66. The number of aromatic nitrogens is 6. The second-order valence-corrected chi connectivity index (χ2v) is 9.02. The topological polar surface area (TPSA) is 95.0 Å². The zero-order chi connectivity index (χ0) is 24.4. The number of carbonyl (C=O) groups excluding carboxylic acids is 1. The Morgan fingerprint density at radius 3 is 2.86 bits per heavy atom. The van der Waals surface area contributed by atoms with Crippen LogP contribution in [0.2, 0.25) is 0 Å². The van der Waals surface area contributed by atoms with Gasteiger partial charge in [0.25, 0.3) is 0 Å². The van der Waals surface area contributed by atoms with E-state index >= 15 is 0 Å². The third-order valence-corrected chi connectivity index (χ3v) is 6.67. The third kappa shape index (κ3) is 4.66. The predicted octanol–water partition coefficient (Wildman–Crippen LogP) is 2.91. The van der Waals surface area contributed by atoms with Gasteiger partial charge in [0.1, 0.15) is 5.82 Å². The van der Waals surface area contributed by atoms with Gasteiger partial charge in [0.15, 0.2) is 0 Å². The number of hydrogen-bond donors (Lipinski definition) is 1. The maximum absolute atomic E-state index is 12.5. The lowest BCUT2D eigenvalue weighted by Crippen LogP contribution is -2.42. The molecule has 0 aliphatic carbocycles. The number of anilines is 1. The summed E-state index contributed by atoms with van der Waals surface area (Å²) in [7, 11) is 3.36. The van der Waals surface area contributed by atoms with Crippen molar-refractivity contribution >= 4 is 22.8 Å². The number of benzene rings is 1. The highest BCUT2D eigenvalue weighted by Gasteiger charge is 2.31. The van der Waals surface area contributed by atoms with E-state index in [0.29, 0.717) is 0 Å². The molecule has 0 radical (unpaired) electrons. The fraction of sp³-hybridized carbons (Fsp3) is 0.440. The zero-order valence-corrected chi connectivity index (χ0v) is 20.5. The van der Waals surface area contributed by atoms with Crippen molar-refractivity contribution in [3.63, 3.8) is 0 Å². The number of ether oxygens (including phenoxy) is 1. The number of fused-ring (bicyclic) bond motifs is 3. The van der Waals surface area contributed by atoms with Gasteiger partial charge in [-0.1, -0.05) is 0 Å². The van der Waals surface area contributed by atoms with Crippen molar-refractivity contribution in [3.8, 4) is 0 Å². The molecule has 1 aliphatic heterocycles. The van der Waals surface area contributed by atoms with E-state index < -0.39 is 0 Å². The van der Waals surface area contributed by atoms with Crippen LogP contribution in [-0.4, -0.2) is 54.9 Å². The first-order valence-corrected chi connectivity index (χ1v) is 12.1. The van der Waals surface area contributed by atoms with Crippen molar-refractivity contribution < 1.29 is 9.53 Å². The third-order valence-electron chi connectivity index (χ3n) is 6.67. The Bertz CT molecular complexity index is 1310. The van der Waals surface area contributed by atoms with E-state index in [0.717, 1.165) is 79.2 Å². The molecule has 0 spiro atoms. The SMILES string of the molecule is COC(=O)N1c2ccc3c(nc(CCn4cccn4)n3CCNCc3ccn(C)n3)c2CC[C@@H]1C. The first kappa shape index (κ1) is 23.1. The van der Waals surface area contributed by atoms with Crippen LogP contribution in [0.1, 0.15) is 30.4 Å². The number of nitrogens with zero attached hydrogens (tertiary/aromatic N) is 7. The molecule has 184 valence electrons. The normalized spacial score (nSPS) is 15.5. The molecule has 5 rings (SSSR count). The van der Waals surface area contributed by atoms with Crippen LogP contribution in [0, 0.1) is 0 Å². The predicted molar refractivity (Wildman–Crippen MR) is 133 cm³/mol. The van der Waals surface area contributed by atoms with Gasteiger partial charge >= 0.3 is 6.09 Å². The number of hydrogen-bond acceptors (Lipinski definition) is 6. The minimum Gasteiger partial charge on any atom is -0.452 e. The number of imidazole rings is 1. The van der Waals surface area contributed by atoms with E-state index in [1.165, 1.54) is 7.11 Å². The first-order chi connectivity index (χ1) is 17.0. The molecule has 1 amide bonds. The molecule has 0 fully saturated rings. The van der Waals surface area contributed by atoms with Crippen LogP contribution >= 0.6 is 0 Å². The number of aryl methyl sites for hydroxylation is 4. The molecular formula is C25H32N8O2. The Kier molecular flexibility index (Phi) is 6.54. The van der Waals surface area contributed by atoms with Crippen LogP contribution in [0.5, 0.6) is 0 Å². The Labute approximate surface area is 204 Å². The van der Waals surface area contributed by atoms with Crippen LogP contribution in [0.3, 0.4) is 0 Å². The molecule has 1 atom stereocenters. The van der Waals surface area contributed by atoms with E-state index in [4.69, 9.17) is 9.72 Å². The summed E-state index contributed by atoms with van der Waals surface area (Å²) in [6.45, 7) is 5.11. The minimum atomic E-state index is -0.324. The molecule has 10 heteroatoms. The molecule has 1 aliphatic rings. The Balaban J connectivity index is 1.44. The molecule has 0 bridgehead atoms. The van der Waals surface area contributed by atoms with Crippen molar-refractivity contribution in [2.45, 2.75) is 51.9 Å². The number of amides is 1. The second-order valence-electron chi connectivity index (χ2n) is 9.02. The number of methoxy groups -OCH3 is 1. The summed E-state index contributed by atoms with van der Waals surface area (Å²) < 4.78 is 11.1. The van der Waals surface area contributed by atoms with Crippen LogP contribution in [-0.2, 0) is 44.3 Å². The molecule has 10 nitrogen and oxygen atoms in total. The largest absolute Gasteiger partial charge is 0.452 e. The molecule has 3 aromatic heterocycles. The molecular weight excluding hydrogens is 444 g/mol. The zero-order valence-electron chi connectivity index (χ0n) is 20.5. The lowest BCUT2D eigenvalue weighted by molar-refractivity contribution is 0.175. The summed E-state index contributed by atoms with van der Waals surface area (Å²) in [5.41, 5.74) is 5.11. The maximum Gasteiger partial charge on any atom is 0.414 e. The van der Waals surface area contributed by atoms with Crippen LogP contribution < -0.4 is 10.2 Å². The van der Waals surface area contributed by atoms with Crippen molar-refractivity contribution in [3.05, 3.63) is 59.9 Å². The molecule has 1 N–H and O–H groups in total. The van der Waals surface area contributed by atoms with Gasteiger partial charge in [-0.15, -0.1) is 0 Å². The summed E-state index contributed by atoms with van der Waals surface area (Å²) >= 11 is 0. The van der Waals surface area contributed by atoms with Gasteiger partial charge in [-0.05, 0) is 44.0 Å². The summed E-state index contributed by atoms with van der Waals surface area (Å²) in [5.74, 6) is 1.02. The number of carbonyl (C=O) groups is 1. The van der Waals surface area contributed by atoms with Gasteiger partial charge in [0.2, 0.25) is 0 Å². The van der Waals surface area contributed by atoms with Gasteiger partial charge in [-0.3, -0.25) is 14.3 Å². The van der Waals surface area contributed by atoms with E-state index in [2.05, 4.69) is 33.1 Å². The highest BCUT2D eigenvalue weighted by Crippen LogP contribution is 2.36. The molecule has 0 unspecified atom stereocenters. The highest BCUT2D eigenvalue weighted by atomic mass is 16.5. The van der Waals surface area contributed by atoms with E-state index in [1.807, 2.05) is 47.0 Å². The van der Waals surface area contributed by atoms with Crippen molar-refractivity contribution in [1.82, 2.24) is 34.4 Å². The Morgan fingerprint density at radius 1 is 1.23 bits per heavy atom. The average molecular weight is 477 g/mol. The lowest BCUT2D eigenvalue weighted by Gasteiger charge is -2.34. The standard InChI is InChI=1S/C25H32N8O2/c1-18-5-6-20-21(33(18)25(34)35-3)7-8-22-24(20)28-23(10-15-31-13-4-11-27-31)32(22)16-12-26-17-19-9-14-30(2)29-19/h4,7-9,11,13-14,18,26H,5-6,10,12,15-17H2,1-3H3/t18-/m0/s1. The number of rotatable bonds is 8. The fourth-order valence-corrected chi connectivity index (χ4v) is 4.91. The summed E-state index contributed by atoms with van der Waals surface area (Å²) in [4.78, 5) is 19.4. The van der Waals surface area contributed by atoms with Crippen LogP contribution in [0.4, 0.5) is 10.5 Å². The van der Waals surface area contributed by atoms with Gasteiger partial charge in [0, 0.05) is 69.8 Å². The highest BCUT2D eigenvalue weighted by molar-refractivity contribution is 5.95. The minimum absolute atomic E-state index is 0.0876. The summed E-state index contributed by atoms with van der Waals surface area (Å²) in [6, 6.07) is 8.18. The fourth-order valence-electron chi connectivity index (χ4n) is 4.91. The van der Waals surface area contributed by atoms with Gasteiger partial charge in [-0.25, -0.2) is 9.78 Å². The molecule has 35 heavy (non-hydrogen) atoms. The van der Waals surface area contributed by atoms with Crippen molar-refractivity contribution in [2.24, 2.45) is 7.05 Å². The van der Waals surface area contributed by atoms with E-state index in [-0.39, 0.29) is 12.1 Å². The van der Waals surface area contributed by atoms with E-state index in [9.17, 15) is 4.79 Å². The molecule has 0 saturated heterocycles.